The summed E-state index contributed by atoms with van der Waals surface area (Å²) in [7, 11) is -1.31. The summed E-state index contributed by atoms with van der Waals surface area (Å²) in [6, 6.07) is 7.75. The molecule has 0 fully saturated rings. The summed E-state index contributed by atoms with van der Waals surface area (Å²) in [6.07, 6.45) is 1.79. The number of guanidine groups is 1. The second kappa shape index (κ2) is 11.5. The minimum absolute atomic E-state index is 0. The average molecular weight is 469 g/mol. The standard InChI is InChI=1S/C16H27N3O3S.HI/c1-5-17-16(19-13(2)10-11-23(4,20)21)18-12-14-8-6-7-9-15(14)22-3;/h6-9,13H,5,10-12H2,1-4H3,(H2,17,18,19);1H. The number of aliphatic imine (C=N–C) groups is 1. The van der Waals surface area contributed by atoms with Crippen molar-refractivity contribution < 1.29 is 13.2 Å². The molecule has 1 aromatic carbocycles. The monoisotopic (exact) mass is 469 g/mol. The molecule has 0 aromatic heterocycles. The number of halogens is 1. The molecule has 0 saturated heterocycles. The smallest absolute Gasteiger partial charge is 0.191 e. The summed E-state index contributed by atoms with van der Waals surface area (Å²) >= 11 is 0. The Labute approximate surface area is 162 Å². The number of rotatable bonds is 8. The highest BCUT2D eigenvalue weighted by molar-refractivity contribution is 14.0. The van der Waals surface area contributed by atoms with E-state index in [1.165, 1.54) is 6.26 Å². The Balaban J connectivity index is 0.00000529. The number of methoxy groups -OCH3 is 1. The summed E-state index contributed by atoms with van der Waals surface area (Å²) in [5, 5.41) is 6.40. The van der Waals surface area contributed by atoms with Crippen molar-refractivity contribution in [1.82, 2.24) is 10.6 Å². The molecule has 0 aliphatic carbocycles. The Morgan fingerprint density at radius 1 is 1.33 bits per heavy atom. The van der Waals surface area contributed by atoms with Crippen LogP contribution >= 0.6 is 24.0 Å². The van der Waals surface area contributed by atoms with Crippen LogP contribution < -0.4 is 15.4 Å². The van der Waals surface area contributed by atoms with E-state index in [2.05, 4.69) is 15.6 Å². The van der Waals surface area contributed by atoms with Crippen molar-refractivity contribution in [3.63, 3.8) is 0 Å². The topological polar surface area (TPSA) is 79.8 Å². The van der Waals surface area contributed by atoms with Gasteiger partial charge in [0.2, 0.25) is 0 Å². The molecule has 138 valence electrons. The Morgan fingerprint density at radius 2 is 2.00 bits per heavy atom. The second-order valence-corrected chi connectivity index (χ2v) is 7.73. The van der Waals surface area contributed by atoms with Gasteiger partial charge in [-0.2, -0.15) is 0 Å². The van der Waals surface area contributed by atoms with Crippen LogP contribution in [0.25, 0.3) is 0 Å². The van der Waals surface area contributed by atoms with Crippen molar-refractivity contribution >= 4 is 39.8 Å². The van der Waals surface area contributed by atoms with Gasteiger partial charge in [0, 0.05) is 24.4 Å². The largest absolute Gasteiger partial charge is 0.496 e. The maximum absolute atomic E-state index is 11.2. The van der Waals surface area contributed by atoms with E-state index >= 15 is 0 Å². The zero-order chi connectivity index (χ0) is 17.3. The van der Waals surface area contributed by atoms with E-state index in [-0.39, 0.29) is 35.8 Å². The third kappa shape index (κ3) is 9.31. The van der Waals surface area contributed by atoms with Gasteiger partial charge in [0.1, 0.15) is 15.6 Å². The molecule has 0 amide bonds. The predicted molar refractivity (Wildman–Crippen MR) is 110 cm³/mol. The molecule has 0 bridgehead atoms. The highest BCUT2D eigenvalue weighted by Gasteiger charge is 2.09. The third-order valence-electron chi connectivity index (χ3n) is 3.25. The molecule has 0 radical (unpaired) electrons. The molecule has 24 heavy (non-hydrogen) atoms. The number of nitrogens with zero attached hydrogens (tertiary/aromatic N) is 1. The molecule has 0 heterocycles. The first kappa shape index (κ1) is 23.0. The van der Waals surface area contributed by atoms with Gasteiger partial charge in [-0.1, -0.05) is 18.2 Å². The van der Waals surface area contributed by atoms with E-state index in [1.54, 1.807) is 7.11 Å². The number of benzene rings is 1. The Morgan fingerprint density at radius 3 is 2.58 bits per heavy atom. The van der Waals surface area contributed by atoms with Gasteiger partial charge in [-0.05, 0) is 26.3 Å². The van der Waals surface area contributed by atoms with Gasteiger partial charge >= 0.3 is 0 Å². The second-order valence-electron chi connectivity index (χ2n) is 5.47. The van der Waals surface area contributed by atoms with Crippen LogP contribution in [0, 0.1) is 0 Å². The molecular weight excluding hydrogens is 441 g/mol. The van der Waals surface area contributed by atoms with Crippen LogP contribution in [-0.2, 0) is 16.4 Å². The van der Waals surface area contributed by atoms with Crippen LogP contribution in [0.3, 0.4) is 0 Å². The van der Waals surface area contributed by atoms with Crippen LogP contribution in [0.4, 0.5) is 0 Å². The molecular formula is C16H28IN3O3S. The van der Waals surface area contributed by atoms with Crippen molar-refractivity contribution in [2.45, 2.75) is 32.9 Å². The van der Waals surface area contributed by atoms with Crippen LogP contribution in [-0.4, -0.2) is 46.1 Å². The normalized spacial score (nSPS) is 12.9. The minimum atomic E-state index is -2.95. The Bertz CT molecular complexity index is 621. The van der Waals surface area contributed by atoms with Gasteiger partial charge in [0.05, 0.1) is 19.4 Å². The fourth-order valence-corrected chi connectivity index (χ4v) is 2.80. The number of para-hydroxylation sites is 1. The third-order valence-corrected chi connectivity index (χ3v) is 4.23. The average Bonchev–Trinajstić information content (AvgIpc) is 2.50. The predicted octanol–water partition coefficient (Wildman–Crippen LogP) is 2.19. The number of hydrogen-bond acceptors (Lipinski definition) is 4. The van der Waals surface area contributed by atoms with Crippen LogP contribution in [0.5, 0.6) is 5.75 Å². The number of hydrogen-bond donors (Lipinski definition) is 2. The van der Waals surface area contributed by atoms with Crippen molar-refractivity contribution in [1.29, 1.82) is 0 Å². The first-order valence-electron chi connectivity index (χ1n) is 7.70. The fourth-order valence-electron chi connectivity index (χ4n) is 2.01. The fraction of sp³-hybridized carbons (Fsp3) is 0.562. The molecule has 6 nitrogen and oxygen atoms in total. The maximum Gasteiger partial charge on any atom is 0.191 e. The summed E-state index contributed by atoms with van der Waals surface area (Å²) in [4.78, 5) is 4.54. The highest BCUT2D eigenvalue weighted by atomic mass is 127. The van der Waals surface area contributed by atoms with Gasteiger partial charge in [0.25, 0.3) is 0 Å². The zero-order valence-corrected chi connectivity index (χ0v) is 17.9. The first-order valence-corrected chi connectivity index (χ1v) is 9.76. The van der Waals surface area contributed by atoms with Crippen molar-refractivity contribution in [3.8, 4) is 5.75 Å². The summed E-state index contributed by atoms with van der Waals surface area (Å²) in [5.41, 5.74) is 0.996. The Kier molecular flexibility index (Phi) is 11.0. The van der Waals surface area contributed by atoms with E-state index in [0.717, 1.165) is 17.9 Å². The molecule has 1 aromatic rings. The van der Waals surface area contributed by atoms with Gasteiger partial charge in [-0.25, -0.2) is 13.4 Å². The first-order chi connectivity index (χ1) is 10.9. The van der Waals surface area contributed by atoms with Crippen molar-refractivity contribution in [2.24, 2.45) is 4.99 Å². The lowest BCUT2D eigenvalue weighted by atomic mass is 10.2. The quantitative estimate of drug-likeness (QED) is 0.347. The summed E-state index contributed by atoms with van der Waals surface area (Å²) in [5.74, 6) is 1.63. The van der Waals surface area contributed by atoms with Crippen LogP contribution in [0.2, 0.25) is 0 Å². The molecule has 0 spiro atoms. The molecule has 0 aliphatic heterocycles. The summed E-state index contributed by atoms with van der Waals surface area (Å²) in [6.45, 7) is 5.15. The molecule has 1 atom stereocenters. The van der Waals surface area contributed by atoms with Gasteiger partial charge in [-0.15, -0.1) is 24.0 Å². The van der Waals surface area contributed by atoms with Gasteiger partial charge in [0.15, 0.2) is 5.96 Å². The lowest BCUT2D eigenvalue weighted by molar-refractivity contribution is 0.410. The van der Waals surface area contributed by atoms with Crippen LogP contribution in [0.1, 0.15) is 25.8 Å². The SMILES string of the molecule is CCNC(=NCc1ccccc1OC)NC(C)CCS(C)(=O)=O.I. The lowest BCUT2D eigenvalue weighted by Crippen LogP contribution is -2.42. The molecule has 0 saturated carbocycles. The Hall–Kier alpha value is -1.03. The molecule has 0 aliphatic rings. The van der Waals surface area contributed by atoms with Gasteiger partial charge < -0.3 is 15.4 Å². The molecule has 1 unspecified atom stereocenters. The van der Waals surface area contributed by atoms with Crippen LogP contribution in [0.15, 0.2) is 29.3 Å². The van der Waals surface area contributed by atoms with Crippen molar-refractivity contribution in [3.05, 3.63) is 29.8 Å². The van der Waals surface area contributed by atoms with E-state index in [0.29, 0.717) is 18.9 Å². The molecule has 8 heteroatoms. The molecule has 2 N–H and O–H groups in total. The molecule has 1 rings (SSSR count). The highest BCUT2D eigenvalue weighted by Crippen LogP contribution is 2.17. The number of nitrogens with one attached hydrogen (secondary N) is 2. The van der Waals surface area contributed by atoms with Gasteiger partial charge in [-0.3, -0.25) is 0 Å². The van der Waals surface area contributed by atoms with E-state index < -0.39 is 9.84 Å². The van der Waals surface area contributed by atoms with E-state index in [4.69, 9.17) is 4.74 Å². The lowest BCUT2D eigenvalue weighted by Gasteiger charge is -2.17. The zero-order valence-electron chi connectivity index (χ0n) is 14.7. The number of ether oxygens (including phenoxy) is 1. The van der Waals surface area contributed by atoms with E-state index in [1.807, 2.05) is 38.1 Å². The minimum Gasteiger partial charge on any atom is -0.496 e. The maximum atomic E-state index is 11.2. The van der Waals surface area contributed by atoms with Crippen molar-refractivity contribution in [2.75, 3.05) is 25.7 Å². The van der Waals surface area contributed by atoms with E-state index in [9.17, 15) is 8.42 Å². The summed E-state index contributed by atoms with van der Waals surface area (Å²) < 4.78 is 27.8. The number of sulfone groups is 1.